The summed E-state index contributed by atoms with van der Waals surface area (Å²) in [7, 11) is 0. The van der Waals surface area contributed by atoms with Gasteiger partial charge < -0.3 is 5.11 Å². The summed E-state index contributed by atoms with van der Waals surface area (Å²) < 4.78 is 13.7. The maximum Gasteiger partial charge on any atom is 0.260 e. The van der Waals surface area contributed by atoms with Crippen LogP contribution in [0, 0.1) is 43.3 Å². The Morgan fingerprint density at radius 3 is 2.20 bits per heavy atom. The highest BCUT2D eigenvalue weighted by atomic mass is 35.5. The number of hydrazine groups is 1. The fourth-order valence-corrected chi connectivity index (χ4v) is 8.30. The number of imide groups is 2. The van der Waals surface area contributed by atoms with E-state index in [1.807, 2.05) is 6.08 Å². The van der Waals surface area contributed by atoms with Crippen LogP contribution in [0.25, 0.3) is 0 Å². The summed E-state index contributed by atoms with van der Waals surface area (Å²) in [6.45, 7) is 3.49. The lowest BCUT2D eigenvalue weighted by molar-refractivity contribution is -0.173. The first-order chi connectivity index (χ1) is 21.4. The van der Waals surface area contributed by atoms with Crippen molar-refractivity contribution < 1.29 is 33.9 Å². The highest BCUT2D eigenvalue weighted by molar-refractivity contribution is 6.30. The number of hydrogen-bond acceptors (Lipinski definition) is 7. The Bertz CT molecular complexity index is 1800. The molecule has 9 nitrogen and oxygen atoms in total. The molecule has 3 N–H and O–H groups in total. The monoisotopic (exact) mass is 629 g/mol. The molecule has 2 heterocycles. The van der Waals surface area contributed by atoms with Crippen LogP contribution in [0.4, 0.5) is 10.1 Å². The number of amides is 4. The molecular weight excluding hydrogens is 601 g/mol. The molecule has 6 atom stereocenters. The zero-order valence-electron chi connectivity index (χ0n) is 24.3. The fourth-order valence-electron chi connectivity index (χ4n) is 8.17. The number of phenolic OH excluding ortho intramolecular Hbond substituents is 1. The molecule has 0 aromatic heterocycles. The van der Waals surface area contributed by atoms with E-state index in [0.717, 1.165) is 5.01 Å². The molecule has 3 aromatic carbocycles. The lowest BCUT2D eigenvalue weighted by atomic mass is 9.49. The van der Waals surface area contributed by atoms with Crippen LogP contribution in [0.3, 0.4) is 0 Å². The number of aromatic hydroxyl groups is 1. The highest BCUT2D eigenvalue weighted by Crippen LogP contribution is 2.64. The number of nitrogens with one attached hydrogen (secondary N) is 1. The Kier molecular flexibility index (Phi) is 6.65. The second kappa shape index (κ2) is 10.3. The predicted molar refractivity (Wildman–Crippen MR) is 160 cm³/mol. The molecule has 2 aliphatic carbocycles. The number of benzene rings is 3. The molecule has 3 fully saturated rings. The highest BCUT2D eigenvalue weighted by Gasteiger charge is 2.70. The van der Waals surface area contributed by atoms with Crippen LogP contribution in [-0.2, 0) is 24.6 Å². The topological polar surface area (TPSA) is 127 Å². The van der Waals surface area contributed by atoms with Gasteiger partial charge in [-0.1, -0.05) is 47.5 Å². The third-order valence-electron chi connectivity index (χ3n) is 10.1. The lowest BCUT2D eigenvalue weighted by Crippen LogP contribution is -2.53. The van der Waals surface area contributed by atoms with Crippen LogP contribution in [-0.4, -0.2) is 44.0 Å². The number of hydrogen-bond donors (Lipinski definition) is 3. The molecule has 1 saturated carbocycles. The molecule has 6 unspecified atom stereocenters. The van der Waals surface area contributed by atoms with Crippen LogP contribution >= 0.6 is 11.6 Å². The number of aryl methyl sites for hydroxylation is 2. The number of carbonyl (C=O) groups is 4. The standard InChI is InChI=1S/C34H29ClFN3O6/c1-16-13-18(14-17(2)29(16)40)28-23-11-12-24-27(32(43)39(45)30(24)41)25(23)15-26-31(42)38(37-22-9-7-21(36)8-10-22)33(44)34(26,28)19-3-5-20(35)6-4-19/h3-11,13-14,24-28,37,40,45H,12,15H2,1-2H3. The van der Waals surface area contributed by atoms with Gasteiger partial charge in [0.05, 0.1) is 28.9 Å². The molecule has 11 heteroatoms. The number of phenols is 1. The number of rotatable bonds is 4. The van der Waals surface area contributed by atoms with Gasteiger partial charge in [0.15, 0.2) is 0 Å². The van der Waals surface area contributed by atoms with E-state index in [1.54, 1.807) is 50.2 Å². The van der Waals surface area contributed by atoms with Crippen molar-refractivity contribution in [1.29, 1.82) is 0 Å². The van der Waals surface area contributed by atoms with Crippen molar-refractivity contribution in [3.05, 3.63) is 105 Å². The van der Waals surface area contributed by atoms with Gasteiger partial charge in [0, 0.05) is 10.9 Å². The van der Waals surface area contributed by atoms with Gasteiger partial charge in [0.1, 0.15) is 11.6 Å². The summed E-state index contributed by atoms with van der Waals surface area (Å²) in [5.41, 5.74) is 4.73. The van der Waals surface area contributed by atoms with E-state index in [2.05, 4.69) is 5.43 Å². The minimum absolute atomic E-state index is 0.0568. The van der Waals surface area contributed by atoms with Gasteiger partial charge >= 0.3 is 0 Å². The van der Waals surface area contributed by atoms with Gasteiger partial charge in [-0.2, -0.15) is 10.1 Å². The third kappa shape index (κ3) is 4.08. The maximum atomic E-state index is 15.0. The smallest absolute Gasteiger partial charge is 0.260 e. The number of nitrogens with zero attached hydrogens (tertiary/aromatic N) is 2. The number of carbonyl (C=O) groups excluding carboxylic acids is 4. The average Bonchev–Trinajstić information content (AvgIpc) is 3.37. The summed E-state index contributed by atoms with van der Waals surface area (Å²) in [5, 5.41) is 22.6. The summed E-state index contributed by atoms with van der Waals surface area (Å²) >= 11 is 6.29. The first-order valence-electron chi connectivity index (χ1n) is 14.7. The second-order valence-corrected chi connectivity index (χ2v) is 12.8. The summed E-state index contributed by atoms with van der Waals surface area (Å²) in [6.07, 6.45) is 2.10. The first-order valence-corrected chi connectivity index (χ1v) is 15.1. The fraction of sp³-hybridized carbons (Fsp3) is 0.294. The van der Waals surface area contributed by atoms with E-state index in [4.69, 9.17) is 11.6 Å². The van der Waals surface area contributed by atoms with Crippen LogP contribution in [0.5, 0.6) is 5.75 Å². The Balaban J connectivity index is 1.49. The zero-order valence-corrected chi connectivity index (χ0v) is 25.1. The van der Waals surface area contributed by atoms with Crippen molar-refractivity contribution in [3.8, 4) is 5.75 Å². The molecular formula is C34H29ClFN3O6. The molecule has 2 aliphatic heterocycles. The Morgan fingerprint density at radius 2 is 1.56 bits per heavy atom. The van der Waals surface area contributed by atoms with Gasteiger partial charge in [-0.25, -0.2) is 4.39 Å². The number of allylic oxidation sites excluding steroid dienone is 2. The summed E-state index contributed by atoms with van der Waals surface area (Å²) in [6, 6.07) is 15.6. The largest absolute Gasteiger partial charge is 0.507 e. The molecule has 45 heavy (non-hydrogen) atoms. The Labute approximate surface area is 262 Å². The van der Waals surface area contributed by atoms with E-state index >= 15 is 4.79 Å². The number of hydroxylamine groups is 2. The number of anilines is 1. The van der Waals surface area contributed by atoms with Gasteiger partial charge in [-0.15, -0.1) is 0 Å². The van der Waals surface area contributed by atoms with Gasteiger partial charge in [0.2, 0.25) is 0 Å². The quantitative estimate of drug-likeness (QED) is 0.206. The van der Waals surface area contributed by atoms with Crippen LogP contribution in [0.1, 0.15) is 41.0 Å². The molecule has 4 amide bonds. The van der Waals surface area contributed by atoms with E-state index in [9.17, 15) is 29.1 Å². The SMILES string of the molecule is Cc1cc(C2C3=CCC4C(=O)N(O)C(=O)C4C3CC3C(=O)N(Nc4ccc(F)cc4)C(=O)C32c2ccc(Cl)cc2)cc(C)c1O. The molecule has 0 radical (unpaired) electrons. The summed E-state index contributed by atoms with van der Waals surface area (Å²) in [5.74, 6) is -7.02. The van der Waals surface area contributed by atoms with E-state index in [0.29, 0.717) is 38.5 Å². The van der Waals surface area contributed by atoms with Crippen molar-refractivity contribution in [2.45, 2.75) is 38.0 Å². The van der Waals surface area contributed by atoms with E-state index in [1.165, 1.54) is 24.3 Å². The predicted octanol–water partition coefficient (Wildman–Crippen LogP) is 5.18. The molecule has 2 saturated heterocycles. The molecule has 3 aromatic rings. The maximum absolute atomic E-state index is 15.0. The van der Waals surface area contributed by atoms with Gasteiger partial charge in [-0.3, -0.25) is 29.8 Å². The molecule has 0 spiro atoms. The molecule has 230 valence electrons. The zero-order chi connectivity index (χ0) is 31.9. The van der Waals surface area contributed by atoms with Crippen molar-refractivity contribution in [3.63, 3.8) is 0 Å². The van der Waals surface area contributed by atoms with Crippen molar-refractivity contribution >= 4 is 40.9 Å². The van der Waals surface area contributed by atoms with Crippen molar-refractivity contribution in [1.82, 2.24) is 10.1 Å². The molecule has 7 rings (SSSR count). The van der Waals surface area contributed by atoms with E-state index < -0.39 is 64.5 Å². The minimum Gasteiger partial charge on any atom is -0.507 e. The Morgan fingerprint density at radius 1 is 0.911 bits per heavy atom. The van der Waals surface area contributed by atoms with Crippen LogP contribution in [0.15, 0.2) is 72.3 Å². The second-order valence-electron chi connectivity index (χ2n) is 12.4. The average molecular weight is 630 g/mol. The molecule has 0 bridgehead atoms. The lowest BCUT2D eigenvalue weighted by Gasteiger charge is -2.50. The normalized spacial score (nSPS) is 29.0. The van der Waals surface area contributed by atoms with Gasteiger partial charge in [-0.05, 0) is 91.3 Å². The van der Waals surface area contributed by atoms with E-state index in [-0.39, 0.29) is 23.7 Å². The van der Waals surface area contributed by atoms with Gasteiger partial charge in [0.25, 0.3) is 23.6 Å². The minimum atomic E-state index is -1.52. The van der Waals surface area contributed by atoms with Crippen LogP contribution in [0.2, 0.25) is 5.02 Å². The molecule has 4 aliphatic rings. The number of halogens is 2. The van der Waals surface area contributed by atoms with Crippen molar-refractivity contribution in [2.24, 2.45) is 23.7 Å². The Hall–Kier alpha value is -4.54. The van der Waals surface area contributed by atoms with Crippen molar-refractivity contribution in [2.75, 3.05) is 5.43 Å². The summed E-state index contributed by atoms with van der Waals surface area (Å²) in [4.78, 5) is 55.7. The third-order valence-corrected chi connectivity index (χ3v) is 10.3. The van der Waals surface area contributed by atoms with Crippen LogP contribution < -0.4 is 5.43 Å². The first kappa shape index (κ1) is 29.2. The number of fused-ring (bicyclic) bond motifs is 4.